The van der Waals surface area contributed by atoms with Gasteiger partial charge in [0.2, 0.25) is 6.29 Å². The lowest BCUT2D eigenvalue weighted by molar-refractivity contribution is -0.386. The molecule has 21 heteroatoms. The van der Waals surface area contributed by atoms with Gasteiger partial charge in [0.1, 0.15) is 48.2 Å². The number of carbonyl (C=O) groups is 2. The standard InChI is InChI=1S/C39H32F2N6O10.C8H14FN.CH4O/c1-2-26-29(40)7-4-20-10-23(49)12-27(33(20)26)35-34(41)36-28(14-42-35)37(44-38(51)43-36)45-15-21-5-6-22(16-45)46(21)39(52)55-18-19-3-8-31(30(9-19)47(53)54)57-32-13-24(50)11-25(17-48)56-32;1-8-3-2-4-10(8)6-7(9)5-8;1-2/h1,3-4,7-10,12,14,17,21-22,24-25,32,49-50H,5-6,11,13,15-16,18H2,(H,43,44,51);7H,2-6H2,1H3;2H,1H3/t21?,22?,24-,25-,32-;7-,8+;/m01./s1. The Bertz CT molecular complexity index is 2890. The number of phenolic OH excluding ortho intramolecular Hbond substituents is 1. The minimum absolute atomic E-state index is 0.00784. The predicted molar refractivity (Wildman–Crippen MR) is 244 cm³/mol. The first-order valence-electron chi connectivity index (χ1n) is 22.4. The average molecular weight is 958 g/mol. The van der Waals surface area contributed by atoms with E-state index in [9.17, 15) is 43.5 Å². The van der Waals surface area contributed by atoms with Gasteiger partial charge in [-0.2, -0.15) is 4.98 Å². The van der Waals surface area contributed by atoms with E-state index in [1.54, 1.807) is 9.80 Å². The van der Waals surface area contributed by atoms with Crippen LogP contribution in [0, 0.1) is 34.1 Å². The fourth-order valence-corrected chi connectivity index (χ4v) is 10.3. The Balaban J connectivity index is 0.000000467. The van der Waals surface area contributed by atoms with E-state index in [2.05, 4.69) is 32.7 Å². The van der Waals surface area contributed by atoms with Crippen molar-refractivity contribution >= 4 is 45.6 Å². The molecule has 10 rings (SSSR count). The Labute approximate surface area is 392 Å². The van der Waals surface area contributed by atoms with Crippen molar-refractivity contribution in [2.75, 3.05) is 38.2 Å². The van der Waals surface area contributed by atoms with E-state index in [1.165, 1.54) is 55.4 Å². The van der Waals surface area contributed by atoms with Crippen LogP contribution in [0.2, 0.25) is 0 Å². The molecule has 5 aliphatic heterocycles. The smallest absolute Gasteiger partial charge is 0.410 e. The number of aldehydes is 1. The Morgan fingerprint density at radius 1 is 1.13 bits per heavy atom. The topological polar surface area (TPSA) is 234 Å². The number of phenols is 1. The number of aliphatic hydroxyl groups is 2. The summed E-state index contributed by atoms with van der Waals surface area (Å²) in [7, 11) is 1.00. The van der Waals surface area contributed by atoms with Crippen LogP contribution < -0.4 is 15.3 Å². The largest absolute Gasteiger partial charge is 0.508 e. The number of carbonyl (C=O) groups excluding carboxylic acids is 2. The number of aromatic amines is 1. The number of nitro benzene ring substituents is 1. The lowest BCUT2D eigenvalue weighted by Crippen LogP contribution is -2.56. The molecule has 4 N–H and O–H groups in total. The summed E-state index contributed by atoms with van der Waals surface area (Å²) in [6, 6.07) is 8.36. The zero-order valence-corrected chi connectivity index (χ0v) is 37.6. The Morgan fingerprint density at radius 3 is 2.58 bits per heavy atom. The number of nitrogens with zero attached hydrogens (tertiary/aromatic N) is 6. The predicted octanol–water partition coefficient (Wildman–Crippen LogP) is 5.64. The third kappa shape index (κ3) is 9.74. The number of anilines is 1. The van der Waals surface area contributed by atoms with Crippen LogP contribution in [0.3, 0.4) is 0 Å². The summed E-state index contributed by atoms with van der Waals surface area (Å²) in [5.41, 5.74) is -1.38. The number of benzene rings is 3. The SMILES string of the molecule is C#Cc1c(F)ccc2cc(O)cc(-c3ncc4c(N5CC6CCC(C5)N6C(=O)OCc5ccc(O[C@H]6C[C@@H](O)C[C@@H](C=O)O6)c([N+](=O)[O-])c5)nc(=O)[nH]c4c3F)c12.CO.C[C@@]12CCCN1C[C@H](F)C2. The first-order chi connectivity index (χ1) is 33.1. The number of halogens is 3. The van der Waals surface area contributed by atoms with Crippen molar-refractivity contribution in [2.45, 2.75) is 101 Å². The van der Waals surface area contributed by atoms with Crippen LogP contribution in [0.25, 0.3) is 32.9 Å². The maximum atomic E-state index is 16.4. The van der Waals surface area contributed by atoms with Gasteiger partial charge in [-0.1, -0.05) is 18.1 Å². The van der Waals surface area contributed by atoms with Crippen molar-refractivity contribution in [3.63, 3.8) is 0 Å². The van der Waals surface area contributed by atoms with Crippen molar-refractivity contribution in [3.05, 3.63) is 92.0 Å². The monoisotopic (exact) mass is 957 g/mol. The second-order valence-corrected chi connectivity index (χ2v) is 17.9. The summed E-state index contributed by atoms with van der Waals surface area (Å²) >= 11 is 0. The number of hydrogen-bond acceptors (Lipinski definition) is 15. The molecule has 7 heterocycles. The number of fused-ring (bicyclic) bond motifs is 5. The Kier molecular flexibility index (Phi) is 14.1. The van der Waals surface area contributed by atoms with Crippen LogP contribution in [0.15, 0.2) is 53.5 Å². The number of piperazine rings is 1. The van der Waals surface area contributed by atoms with E-state index in [0.29, 0.717) is 36.6 Å². The first kappa shape index (κ1) is 48.6. The van der Waals surface area contributed by atoms with Crippen molar-refractivity contribution in [1.82, 2.24) is 24.8 Å². The van der Waals surface area contributed by atoms with Crippen LogP contribution in [-0.2, 0) is 20.9 Å². The minimum atomic E-state index is -1.09. The van der Waals surface area contributed by atoms with E-state index >= 15 is 4.39 Å². The minimum Gasteiger partial charge on any atom is -0.508 e. The lowest BCUT2D eigenvalue weighted by atomic mass is 9.96. The van der Waals surface area contributed by atoms with E-state index < -0.39 is 58.7 Å². The van der Waals surface area contributed by atoms with Crippen LogP contribution in [0.5, 0.6) is 11.5 Å². The van der Waals surface area contributed by atoms with Gasteiger partial charge in [-0.25, -0.2) is 22.8 Å². The molecular weight excluding hydrogens is 908 g/mol. The van der Waals surface area contributed by atoms with E-state index in [0.717, 1.165) is 26.1 Å². The summed E-state index contributed by atoms with van der Waals surface area (Å²) in [4.78, 5) is 65.3. The van der Waals surface area contributed by atoms with Crippen LogP contribution in [0.1, 0.15) is 63.0 Å². The van der Waals surface area contributed by atoms with Gasteiger partial charge in [-0.3, -0.25) is 24.9 Å². The summed E-state index contributed by atoms with van der Waals surface area (Å²) in [5.74, 6) is 0.359. The van der Waals surface area contributed by atoms with Gasteiger partial charge >= 0.3 is 17.5 Å². The number of pyridine rings is 1. The summed E-state index contributed by atoms with van der Waals surface area (Å²) in [6.07, 6.45) is 7.88. The van der Waals surface area contributed by atoms with Crippen molar-refractivity contribution in [2.24, 2.45) is 0 Å². The van der Waals surface area contributed by atoms with E-state index in [-0.39, 0.29) is 101 Å². The number of rotatable bonds is 8. The average Bonchev–Trinajstić information content (AvgIpc) is 3.92. The fourth-order valence-electron chi connectivity index (χ4n) is 10.3. The molecule has 7 atom stereocenters. The number of H-pyrrole nitrogens is 1. The molecule has 0 aliphatic carbocycles. The van der Waals surface area contributed by atoms with Crippen molar-refractivity contribution < 1.29 is 57.2 Å². The van der Waals surface area contributed by atoms with Gasteiger partial charge in [-0.05, 0) is 80.8 Å². The van der Waals surface area contributed by atoms with Gasteiger partial charge in [0.25, 0.3) is 0 Å². The lowest BCUT2D eigenvalue weighted by Gasteiger charge is -2.41. The zero-order chi connectivity index (χ0) is 49.3. The van der Waals surface area contributed by atoms with Gasteiger partial charge in [0.15, 0.2) is 11.6 Å². The molecule has 364 valence electrons. The van der Waals surface area contributed by atoms with Crippen LogP contribution >= 0.6 is 0 Å². The number of amides is 1. The number of aliphatic hydroxyl groups excluding tert-OH is 2. The molecule has 69 heavy (non-hydrogen) atoms. The summed E-state index contributed by atoms with van der Waals surface area (Å²) < 4.78 is 60.7. The number of hydrogen-bond donors (Lipinski definition) is 4. The van der Waals surface area contributed by atoms with Crippen LogP contribution in [0.4, 0.5) is 29.5 Å². The maximum absolute atomic E-state index is 16.4. The molecule has 0 saturated carbocycles. The quantitative estimate of drug-likeness (QED) is 0.0638. The molecule has 5 fully saturated rings. The molecule has 5 aliphatic rings. The van der Waals surface area contributed by atoms with Crippen LogP contribution in [-0.4, -0.2) is 133 Å². The third-order valence-corrected chi connectivity index (χ3v) is 13.4. The normalized spacial score (nSPS) is 25.0. The highest BCUT2D eigenvalue weighted by Gasteiger charge is 2.46. The first-order valence-corrected chi connectivity index (χ1v) is 22.4. The fraction of sp³-hybridized carbons (Fsp3) is 0.438. The molecule has 1 amide bonds. The number of aromatic nitrogens is 3. The summed E-state index contributed by atoms with van der Waals surface area (Å²) in [5, 5.41) is 40.0. The highest BCUT2D eigenvalue weighted by atomic mass is 19.1. The second-order valence-electron chi connectivity index (χ2n) is 17.9. The molecule has 2 bridgehead atoms. The van der Waals surface area contributed by atoms with Gasteiger partial charge in [0.05, 0.1) is 39.6 Å². The second kappa shape index (κ2) is 20.0. The number of ether oxygens (including phenoxy) is 3. The maximum Gasteiger partial charge on any atom is 0.410 e. The molecule has 3 aromatic carbocycles. The molecule has 5 aromatic rings. The number of alkyl halides is 1. The van der Waals surface area contributed by atoms with Crippen molar-refractivity contribution in [1.29, 1.82) is 0 Å². The number of terminal acetylenes is 1. The number of aromatic hydroxyl groups is 1. The van der Waals surface area contributed by atoms with E-state index in [1.807, 2.05) is 0 Å². The summed E-state index contributed by atoms with van der Waals surface area (Å²) in [6.45, 7) is 4.13. The number of nitrogens with one attached hydrogen (secondary N) is 1. The molecule has 0 radical (unpaired) electrons. The highest BCUT2D eigenvalue weighted by Crippen LogP contribution is 2.41. The zero-order valence-electron chi connectivity index (χ0n) is 37.6. The highest BCUT2D eigenvalue weighted by molar-refractivity contribution is 6.03. The molecule has 5 saturated heterocycles. The van der Waals surface area contributed by atoms with Gasteiger partial charge in [0, 0.05) is 68.3 Å². The molecule has 2 aromatic heterocycles. The Hall–Kier alpha value is -6.86. The van der Waals surface area contributed by atoms with E-state index in [4.69, 9.17) is 25.7 Å². The molecule has 18 nitrogen and oxygen atoms in total. The van der Waals surface area contributed by atoms with Gasteiger partial charge < -0.3 is 44.2 Å². The third-order valence-electron chi connectivity index (χ3n) is 13.4. The molecular formula is C48H50F3N7O11. The molecule has 2 unspecified atom stereocenters. The Morgan fingerprint density at radius 2 is 1.88 bits per heavy atom. The van der Waals surface area contributed by atoms with Gasteiger partial charge in [-0.15, -0.1) is 6.42 Å². The number of nitro groups is 1. The van der Waals surface area contributed by atoms with Crippen molar-refractivity contribution in [3.8, 4) is 35.1 Å². The molecule has 0 spiro atoms.